The van der Waals surface area contributed by atoms with Crippen molar-refractivity contribution in [2.24, 2.45) is 0 Å². The highest BCUT2D eigenvalue weighted by atomic mass is 32.2. The van der Waals surface area contributed by atoms with E-state index in [0.29, 0.717) is 23.9 Å². The van der Waals surface area contributed by atoms with Gasteiger partial charge < -0.3 is 16.0 Å². The molecule has 166 valence electrons. The Kier molecular flexibility index (Phi) is 5.91. The van der Waals surface area contributed by atoms with Gasteiger partial charge in [0.25, 0.3) is 0 Å². The van der Waals surface area contributed by atoms with Gasteiger partial charge in [0.2, 0.25) is 5.95 Å². The zero-order valence-electron chi connectivity index (χ0n) is 17.7. The number of nitrogens with one attached hydrogen (secondary N) is 4. The van der Waals surface area contributed by atoms with Crippen molar-refractivity contribution >= 4 is 50.1 Å². The SMILES string of the molecule is CNCS(=O)N1[C@@H]2CCC[C@H]1CC(Nc1nc(Nc3cc(C)[nH]n3)c3ccsc3n1)C2. The number of aromatic nitrogens is 4. The van der Waals surface area contributed by atoms with E-state index in [-0.39, 0.29) is 6.04 Å². The number of hydrogen-bond donors (Lipinski definition) is 4. The fourth-order valence-corrected chi connectivity index (χ4v) is 7.00. The molecule has 0 aromatic carbocycles. The van der Waals surface area contributed by atoms with Gasteiger partial charge in [-0.1, -0.05) is 6.42 Å². The Morgan fingerprint density at radius 3 is 2.81 bits per heavy atom. The molecule has 3 aromatic rings. The minimum absolute atomic E-state index is 0.274. The maximum absolute atomic E-state index is 12.7. The van der Waals surface area contributed by atoms with Crippen LogP contribution in [0.15, 0.2) is 17.5 Å². The maximum Gasteiger partial charge on any atom is 0.226 e. The van der Waals surface area contributed by atoms with Crippen molar-refractivity contribution in [2.45, 2.75) is 57.2 Å². The summed E-state index contributed by atoms with van der Waals surface area (Å²) >= 11 is 1.61. The average molecular weight is 461 g/mol. The number of hydrogen-bond acceptors (Lipinski definition) is 8. The van der Waals surface area contributed by atoms with E-state index >= 15 is 0 Å². The van der Waals surface area contributed by atoms with Gasteiger partial charge >= 0.3 is 0 Å². The van der Waals surface area contributed by atoms with E-state index in [4.69, 9.17) is 9.97 Å². The average Bonchev–Trinajstić information content (AvgIpc) is 3.36. The van der Waals surface area contributed by atoms with Crippen molar-refractivity contribution < 1.29 is 4.21 Å². The van der Waals surface area contributed by atoms with Gasteiger partial charge in [-0.2, -0.15) is 10.1 Å². The van der Waals surface area contributed by atoms with Crippen LogP contribution in [0.5, 0.6) is 0 Å². The Morgan fingerprint density at radius 1 is 1.29 bits per heavy atom. The standard InChI is InChI=1S/C20H28N8OS2/c1-12-8-17(27-26-12)23-18-16-6-7-30-19(16)25-20(24-18)22-13-9-14-4-3-5-15(10-13)28(14)31(29)11-21-2/h6-8,13-15,21H,3-5,9-11H2,1-2H3,(H3,22,23,24,25,26,27)/t13?,14-,15+,31?. The van der Waals surface area contributed by atoms with Gasteiger partial charge in [0.15, 0.2) is 5.82 Å². The number of aryl methyl sites for hydroxylation is 1. The first-order valence-corrected chi connectivity index (χ1v) is 12.9. The Balaban J connectivity index is 1.35. The monoisotopic (exact) mass is 460 g/mol. The van der Waals surface area contributed by atoms with Crippen LogP contribution in [0.1, 0.15) is 37.8 Å². The van der Waals surface area contributed by atoms with Crippen LogP contribution >= 0.6 is 11.3 Å². The van der Waals surface area contributed by atoms with Crippen molar-refractivity contribution in [1.29, 1.82) is 0 Å². The first kappa shape index (κ1) is 20.8. The molecule has 0 amide bonds. The van der Waals surface area contributed by atoms with Crippen LogP contribution in [-0.4, -0.2) is 59.7 Å². The van der Waals surface area contributed by atoms with Crippen LogP contribution in [0.25, 0.3) is 10.2 Å². The van der Waals surface area contributed by atoms with Crippen LogP contribution in [0, 0.1) is 6.92 Å². The third-order valence-corrected chi connectivity index (χ3v) is 8.43. The lowest BCUT2D eigenvalue weighted by Gasteiger charge is -2.47. The third kappa shape index (κ3) is 4.32. The van der Waals surface area contributed by atoms with Gasteiger partial charge in [0, 0.05) is 29.9 Å². The first-order chi connectivity index (χ1) is 15.1. The summed E-state index contributed by atoms with van der Waals surface area (Å²) in [4.78, 5) is 10.5. The lowest BCUT2D eigenvalue weighted by atomic mass is 9.84. The Labute approximate surface area is 188 Å². The third-order valence-electron chi connectivity index (χ3n) is 6.02. The molecule has 2 unspecified atom stereocenters. The maximum atomic E-state index is 12.7. The van der Waals surface area contributed by atoms with Crippen LogP contribution in [-0.2, 0) is 11.0 Å². The fraction of sp³-hybridized carbons (Fsp3) is 0.550. The van der Waals surface area contributed by atoms with Crippen molar-refractivity contribution in [2.75, 3.05) is 23.6 Å². The van der Waals surface area contributed by atoms with Gasteiger partial charge in [0.05, 0.1) is 11.3 Å². The molecule has 31 heavy (non-hydrogen) atoms. The summed E-state index contributed by atoms with van der Waals surface area (Å²) in [5.41, 5.74) is 0.991. The van der Waals surface area contributed by atoms with E-state index in [1.165, 1.54) is 6.42 Å². The highest BCUT2D eigenvalue weighted by molar-refractivity contribution is 7.82. The summed E-state index contributed by atoms with van der Waals surface area (Å²) in [6, 6.07) is 4.95. The molecule has 11 heteroatoms. The Hall–Kier alpha value is -2.08. The van der Waals surface area contributed by atoms with Crippen molar-refractivity contribution in [3.05, 3.63) is 23.2 Å². The van der Waals surface area contributed by atoms with E-state index < -0.39 is 11.0 Å². The molecule has 3 aromatic heterocycles. The van der Waals surface area contributed by atoms with Crippen molar-refractivity contribution in [3.8, 4) is 0 Å². The second kappa shape index (κ2) is 8.81. The number of piperidine rings is 2. The number of rotatable bonds is 7. The summed E-state index contributed by atoms with van der Waals surface area (Å²) in [7, 11) is 0.888. The molecule has 2 aliphatic rings. The number of anilines is 3. The Bertz CT molecular complexity index is 1070. The molecule has 5 heterocycles. The number of nitrogens with zero attached hydrogens (tertiary/aromatic N) is 4. The van der Waals surface area contributed by atoms with E-state index in [0.717, 1.165) is 53.2 Å². The molecule has 0 aliphatic carbocycles. The van der Waals surface area contributed by atoms with Gasteiger partial charge in [-0.15, -0.1) is 11.3 Å². The van der Waals surface area contributed by atoms with Gasteiger partial charge in [0.1, 0.15) is 21.6 Å². The highest BCUT2D eigenvalue weighted by Gasteiger charge is 2.41. The summed E-state index contributed by atoms with van der Waals surface area (Å²) in [6.07, 6.45) is 5.32. The van der Waals surface area contributed by atoms with Gasteiger partial charge in [-0.3, -0.25) is 5.10 Å². The van der Waals surface area contributed by atoms with E-state index in [9.17, 15) is 4.21 Å². The molecule has 4 N–H and O–H groups in total. The molecule has 2 bridgehead atoms. The number of thiophene rings is 1. The summed E-state index contributed by atoms with van der Waals surface area (Å²) in [5.74, 6) is 2.65. The topological polar surface area (TPSA) is 111 Å². The summed E-state index contributed by atoms with van der Waals surface area (Å²) in [6.45, 7) is 1.97. The van der Waals surface area contributed by atoms with Crippen molar-refractivity contribution in [3.63, 3.8) is 0 Å². The number of aromatic amines is 1. The Morgan fingerprint density at radius 2 is 2.10 bits per heavy atom. The lowest BCUT2D eigenvalue weighted by molar-refractivity contribution is 0.122. The van der Waals surface area contributed by atoms with Crippen LogP contribution < -0.4 is 16.0 Å². The zero-order chi connectivity index (χ0) is 21.4. The molecule has 2 fully saturated rings. The van der Waals surface area contributed by atoms with E-state index in [1.54, 1.807) is 11.3 Å². The second-order valence-corrected chi connectivity index (χ2v) is 10.6. The lowest BCUT2D eigenvalue weighted by Crippen LogP contribution is -2.56. The number of fused-ring (bicyclic) bond motifs is 3. The van der Waals surface area contributed by atoms with Crippen molar-refractivity contribution in [1.82, 2.24) is 29.8 Å². The van der Waals surface area contributed by atoms with E-state index in [2.05, 4.69) is 30.5 Å². The molecular weight excluding hydrogens is 432 g/mol. The molecule has 0 radical (unpaired) electrons. The molecule has 4 atom stereocenters. The van der Waals surface area contributed by atoms with Crippen LogP contribution in [0.4, 0.5) is 17.6 Å². The molecule has 2 saturated heterocycles. The molecular formula is C20H28N8OS2. The first-order valence-electron chi connectivity index (χ1n) is 10.7. The zero-order valence-corrected chi connectivity index (χ0v) is 19.4. The molecule has 0 spiro atoms. The second-order valence-electron chi connectivity index (χ2n) is 8.33. The predicted octanol–water partition coefficient (Wildman–Crippen LogP) is 3.10. The smallest absolute Gasteiger partial charge is 0.226 e. The summed E-state index contributed by atoms with van der Waals surface area (Å²) in [5, 5.41) is 20.2. The molecule has 2 aliphatic heterocycles. The van der Waals surface area contributed by atoms with Gasteiger partial charge in [-0.25, -0.2) is 13.5 Å². The van der Waals surface area contributed by atoms with Crippen LogP contribution in [0.2, 0.25) is 0 Å². The van der Waals surface area contributed by atoms with Crippen LogP contribution in [0.3, 0.4) is 0 Å². The minimum Gasteiger partial charge on any atom is -0.351 e. The predicted molar refractivity (Wildman–Crippen MR) is 126 cm³/mol. The molecule has 5 rings (SSSR count). The normalized spacial score (nSPS) is 24.9. The summed E-state index contributed by atoms with van der Waals surface area (Å²) < 4.78 is 15.0. The minimum atomic E-state index is -0.969. The van der Waals surface area contributed by atoms with E-state index in [1.807, 2.05) is 31.5 Å². The number of H-pyrrole nitrogens is 1. The highest BCUT2D eigenvalue weighted by Crippen LogP contribution is 2.36. The quantitative estimate of drug-likeness (QED) is 0.429. The molecule has 9 nitrogen and oxygen atoms in total. The van der Waals surface area contributed by atoms with Gasteiger partial charge in [-0.05, 0) is 51.1 Å². The molecule has 0 saturated carbocycles. The fourth-order valence-electron chi connectivity index (χ4n) is 4.79. The largest absolute Gasteiger partial charge is 0.351 e.